The van der Waals surface area contributed by atoms with Crippen LogP contribution in [0.4, 0.5) is 0 Å². The van der Waals surface area contributed by atoms with E-state index in [0.29, 0.717) is 19.3 Å². The van der Waals surface area contributed by atoms with Crippen LogP contribution in [-0.2, 0) is 28.6 Å². The van der Waals surface area contributed by atoms with E-state index in [1.807, 2.05) is 0 Å². The van der Waals surface area contributed by atoms with Crippen LogP contribution in [-0.4, -0.2) is 37.2 Å². The lowest BCUT2D eigenvalue weighted by molar-refractivity contribution is -0.167. The Morgan fingerprint density at radius 1 is 0.259 bits per heavy atom. The smallest absolute Gasteiger partial charge is 0.306 e. The number of unbranched alkanes of at least 4 members (excludes halogenated alkanes) is 27. The van der Waals surface area contributed by atoms with E-state index in [9.17, 15) is 14.4 Å². The van der Waals surface area contributed by atoms with Crippen molar-refractivity contribution in [3.8, 4) is 0 Å². The van der Waals surface area contributed by atoms with Gasteiger partial charge < -0.3 is 14.2 Å². The molecule has 0 bridgehead atoms. The second-order valence-electron chi connectivity index (χ2n) is 22.0. The highest BCUT2D eigenvalue weighted by Crippen LogP contribution is 2.17. The van der Waals surface area contributed by atoms with Crippen LogP contribution in [0.1, 0.15) is 303 Å². The summed E-state index contributed by atoms with van der Waals surface area (Å²) in [6.45, 7) is 6.39. The summed E-state index contributed by atoms with van der Waals surface area (Å²) in [5, 5.41) is 0. The van der Waals surface area contributed by atoms with Crippen LogP contribution in [0, 0.1) is 0 Å². The van der Waals surface area contributed by atoms with Crippen molar-refractivity contribution >= 4 is 17.9 Å². The van der Waals surface area contributed by atoms with E-state index >= 15 is 0 Å². The molecule has 0 saturated heterocycles. The summed E-state index contributed by atoms with van der Waals surface area (Å²) in [5.41, 5.74) is 0. The predicted octanol–water partition coefficient (Wildman–Crippen LogP) is 23.3. The normalized spacial score (nSPS) is 13.0. The fourth-order valence-electron chi connectivity index (χ4n) is 9.18. The molecule has 1 atom stereocenters. The summed E-state index contributed by atoms with van der Waals surface area (Å²) < 4.78 is 16.9. The Kier molecular flexibility index (Phi) is 64.3. The van der Waals surface area contributed by atoms with E-state index in [-0.39, 0.29) is 31.1 Å². The van der Waals surface area contributed by atoms with E-state index in [1.165, 1.54) is 116 Å². The fourth-order valence-corrected chi connectivity index (χ4v) is 9.18. The van der Waals surface area contributed by atoms with Gasteiger partial charge in [-0.05, 0) is 116 Å². The first-order valence-electron chi connectivity index (χ1n) is 33.7. The zero-order chi connectivity index (χ0) is 58.5. The van der Waals surface area contributed by atoms with Crippen molar-refractivity contribution in [3.05, 3.63) is 134 Å². The molecule has 0 radical (unpaired) electrons. The zero-order valence-corrected chi connectivity index (χ0v) is 52.8. The molecule has 0 aromatic heterocycles. The number of carbonyl (C=O) groups excluding carboxylic acids is 3. The molecule has 0 aromatic carbocycles. The molecule has 0 aliphatic rings. The fraction of sp³-hybridized carbons (Fsp3) is 0.667. The standard InChI is InChI=1S/C75H124O6/c1-4-7-10-13-16-19-22-25-28-31-33-35-36-37-38-40-41-44-47-50-53-56-59-62-65-68-74(77)80-71-72(70-79-73(76)67-64-61-58-55-52-49-46-43-30-27-24-21-18-15-12-9-6-3)81-75(78)69-66-63-60-57-54-51-48-45-42-39-34-32-29-26-23-20-17-14-11-8-5-2/h7,9-10,12,16,18-19,21,25,27-28,30,33,35,37-38,41,44,46,49-50,53,72H,4-6,8,11,13-15,17,20,22-24,26,29,31-32,34,36,39-40,42-43,45,47-48,51-52,54-71H2,1-3H3/b10-7-,12-9-,19-16-,21-18-,28-25-,30-27-,35-33-,38-37-,44-41-,49-46-,53-50-. The van der Waals surface area contributed by atoms with E-state index in [4.69, 9.17) is 14.2 Å². The average molecular weight is 1120 g/mol. The lowest BCUT2D eigenvalue weighted by Crippen LogP contribution is -2.30. The highest BCUT2D eigenvalue weighted by molar-refractivity contribution is 5.71. The van der Waals surface area contributed by atoms with Gasteiger partial charge in [-0.3, -0.25) is 14.4 Å². The van der Waals surface area contributed by atoms with Crippen molar-refractivity contribution in [1.29, 1.82) is 0 Å². The SMILES string of the molecule is CC/C=C\C/C=C\C/C=C\C/C=C\C/C=C\C/C=C\C/C=C\CCCCCC(=O)OCC(COC(=O)CCCCCC/C=C\C/C=C\C/C=C\C/C=C\CC)OC(=O)CCCCCCCCCCCCCCCCCCCCCCC. The zero-order valence-electron chi connectivity index (χ0n) is 52.8. The van der Waals surface area contributed by atoms with Gasteiger partial charge in [0.05, 0.1) is 0 Å². The molecule has 0 fully saturated rings. The molecule has 1 unspecified atom stereocenters. The maximum atomic E-state index is 13.0. The van der Waals surface area contributed by atoms with E-state index in [0.717, 1.165) is 148 Å². The third-order valence-corrected chi connectivity index (χ3v) is 14.2. The molecule has 6 heteroatoms. The molecular formula is C75H124O6. The van der Waals surface area contributed by atoms with Crippen molar-refractivity contribution in [2.75, 3.05) is 13.2 Å². The molecule has 0 saturated carbocycles. The van der Waals surface area contributed by atoms with E-state index in [2.05, 4.69) is 154 Å². The molecule has 0 N–H and O–H groups in total. The van der Waals surface area contributed by atoms with Crippen LogP contribution in [0.5, 0.6) is 0 Å². The number of ether oxygens (including phenoxy) is 3. The first kappa shape index (κ1) is 76.5. The minimum atomic E-state index is -0.808. The Labute approximate surface area is 500 Å². The number of carbonyl (C=O) groups is 3. The Morgan fingerprint density at radius 3 is 0.765 bits per heavy atom. The molecule has 0 aliphatic heterocycles. The van der Waals surface area contributed by atoms with Crippen LogP contribution >= 0.6 is 0 Å². The molecule has 81 heavy (non-hydrogen) atoms. The number of esters is 3. The van der Waals surface area contributed by atoms with Crippen LogP contribution in [0.25, 0.3) is 0 Å². The lowest BCUT2D eigenvalue weighted by Gasteiger charge is -2.18. The van der Waals surface area contributed by atoms with Gasteiger partial charge >= 0.3 is 17.9 Å². The minimum absolute atomic E-state index is 0.103. The highest BCUT2D eigenvalue weighted by Gasteiger charge is 2.19. The van der Waals surface area contributed by atoms with Gasteiger partial charge in [-0.1, -0.05) is 302 Å². The Hall–Kier alpha value is -4.45. The summed E-state index contributed by atoms with van der Waals surface area (Å²) in [6, 6.07) is 0. The maximum absolute atomic E-state index is 13.0. The van der Waals surface area contributed by atoms with Gasteiger partial charge in [0.25, 0.3) is 0 Å². The Morgan fingerprint density at radius 2 is 0.481 bits per heavy atom. The summed E-state index contributed by atoms with van der Waals surface area (Å²) >= 11 is 0. The highest BCUT2D eigenvalue weighted by atomic mass is 16.6. The minimum Gasteiger partial charge on any atom is -0.462 e. The van der Waals surface area contributed by atoms with Gasteiger partial charge in [-0.25, -0.2) is 0 Å². The second kappa shape index (κ2) is 68.1. The van der Waals surface area contributed by atoms with Crippen LogP contribution in [0.3, 0.4) is 0 Å². The largest absolute Gasteiger partial charge is 0.462 e. The van der Waals surface area contributed by atoms with Gasteiger partial charge in [0.1, 0.15) is 13.2 Å². The van der Waals surface area contributed by atoms with Crippen molar-refractivity contribution in [2.45, 2.75) is 309 Å². The molecule has 6 nitrogen and oxygen atoms in total. The van der Waals surface area contributed by atoms with Crippen LogP contribution in [0.15, 0.2) is 134 Å². The molecule has 0 rings (SSSR count). The number of hydrogen-bond donors (Lipinski definition) is 0. The molecule has 0 heterocycles. The summed E-state index contributed by atoms with van der Waals surface area (Å²) in [6.07, 6.45) is 96.1. The first-order chi connectivity index (χ1) is 40.0. The van der Waals surface area contributed by atoms with Gasteiger partial charge in [-0.2, -0.15) is 0 Å². The quantitative estimate of drug-likeness (QED) is 0.0261. The number of allylic oxidation sites excluding steroid dienone is 22. The monoisotopic (exact) mass is 1120 g/mol. The van der Waals surface area contributed by atoms with E-state index < -0.39 is 6.10 Å². The third kappa shape index (κ3) is 66.2. The number of rotatable bonds is 60. The van der Waals surface area contributed by atoms with Crippen molar-refractivity contribution in [3.63, 3.8) is 0 Å². The van der Waals surface area contributed by atoms with Crippen LogP contribution < -0.4 is 0 Å². The predicted molar refractivity (Wildman–Crippen MR) is 353 cm³/mol. The third-order valence-electron chi connectivity index (χ3n) is 14.2. The van der Waals surface area contributed by atoms with Gasteiger partial charge in [-0.15, -0.1) is 0 Å². The molecule has 0 aliphatic carbocycles. The summed E-state index contributed by atoms with van der Waals surface area (Å²) in [4.78, 5) is 38.4. The topological polar surface area (TPSA) is 78.9 Å². The van der Waals surface area contributed by atoms with Crippen LogP contribution in [0.2, 0.25) is 0 Å². The van der Waals surface area contributed by atoms with Crippen molar-refractivity contribution < 1.29 is 28.6 Å². The average Bonchev–Trinajstić information content (AvgIpc) is 3.47. The lowest BCUT2D eigenvalue weighted by atomic mass is 10.0. The number of hydrogen-bond acceptors (Lipinski definition) is 6. The molecule has 460 valence electrons. The Balaban J connectivity index is 4.47. The van der Waals surface area contributed by atoms with Gasteiger partial charge in [0.15, 0.2) is 6.10 Å². The second-order valence-corrected chi connectivity index (χ2v) is 22.0. The molecule has 0 aromatic rings. The van der Waals surface area contributed by atoms with Gasteiger partial charge in [0.2, 0.25) is 0 Å². The van der Waals surface area contributed by atoms with Crippen molar-refractivity contribution in [1.82, 2.24) is 0 Å². The van der Waals surface area contributed by atoms with E-state index in [1.54, 1.807) is 0 Å². The van der Waals surface area contributed by atoms with Crippen molar-refractivity contribution in [2.24, 2.45) is 0 Å². The molecule has 0 spiro atoms. The summed E-state index contributed by atoms with van der Waals surface area (Å²) in [5.74, 6) is -0.950. The van der Waals surface area contributed by atoms with Gasteiger partial charge in [0, 0.05) is 19.3 Å². The molecular weight excluding hydrogens is 997 g/mol. The maximum Gasteiger partial charge on any atom is 0.306 e. The Bertz CT molecular complexity index is 1720. The first-order valence-corrected chi connectivity index (χ1v) is 33.7. The molecule has 0 amide bonds. The summed E-state index contributed by atoms with van der Waals surface area (Å²) in [7, 11) is 0.